The van der Waals surface area contributed by atoms with Crippen molar-refractivity contribution in [3.05, 3.63) is 35.0 Å². The zero-order chi connectivity index (χ0) is 11.9. The van der Waals surface area contributed by atoms with Crippen LogP contribution >= 0.6 is 11.6 Å². The van der Waals surface area contributed by atoms with E-state index < -0.39 is 16.7 Å². The normalized spacial score (nSPS) is 10.8. The highest BCUT2D eigenvalue weighted by atomic mass is 35.5. The Bertz CT molecular complexity index is 528. The Morgan fingerprint density at radius 3 is 2.31 bits per heavy atom. The van der Waals surface area contributed by atoms with E-state index in [0.29, 0.717) is 16.9 Å². The number of hydrogen-bond acceptors (Lipinski definition) is 2. The van der Waals surface area contributed by atoms with Gasteiger partial charge in [-0.25, -0.2) is 8.78 Å². The fourth-order valence-electron chi connectivity index (χ4n) is 1.38. The van der Waals surface area contributed by atoms with Gasteiger partial charge in [0.1, 0.15) is 22.5 Å². The molecule has 1 aromatic heterocycles. The Morgan fingerprint density at radius 2 is 1.88 bits per heavy atom. The van der Waals surface area contributed by atoms with E-state index in [9.17, 15) is 8.78 Å². The molecule has 0 spiro atoms. The van der Waals surface area contributed by atoms with Crippen molar-refractivity contribution in [2.75, 3.05) is 5.73 Å². The molecule has 84 valence electrons. The van der Waals surface area contributed by atoms with Gasteiger partial charge >= 0.3 is 0 Å². The Morgan fingerprint density at radius 1 is 1.31 bits per heavy atom. The number of aryl methyl sites for hydroxylation is 1. The predicted molar refractivity (Wildman–Crippen MR) is 58.0 cm³/mol. The van der Waals surface area contributed by atoms with Gasteiger partial charge in [0.25, 0.3) is 0 Å². The molecule has 0 amide bonds. The lowest BCUT2D eigenvalue weighted by Crippen LogP contribution is -1.98. The Balaban J connectivity index is 2.61. The number of halogens is 3. The third-order valence-corrected chi connectivity index (χ3v) is 2.64. The van der Waals surface area contributed by atoms with Gasteiger partial charge in [0.05, 0.1) is 6.20 Å². The van der Waals surface area contributed by atoms with Crippen molar-refractivity contribution >= 4 is 17.4 Å². The van der Waals surface area contributed by atoms with E-state index in [1.165, 1.54) is 10.9 Å². The van der Waals surface area contributed by atoms with Crippen LogP contribution in [0.15, 0.2) is 18.3 Å². The summed E-state index contributed by atoms with van der Waals surface area (Å²) in [5.74, 6) is -1.30. The van der Waals surface area contributed by atoms with Crippen molar-refractivity contribution in [2.45, 2.75) is 0 Å². The smallest absolute Gasteiger partial charge is 0.145 e. The quantitative estimate of drug-likeness (QED) is 0.783. The van der Waals surface area contributed by atoms with Crippen LogP contribution in [-0.4, -0.2) is 9.78 Å². The molecule has 2 N–H and O–H groups in total. The summed E-state index contributed by atoms with van der Waals surface area (Å²) in [5, 5.41) is 3.37. The van der Waals surface area contributed by atoms with Gasteiger partial charge in [0, 0.05) is 12.6 Å². The number of aromatic nitrogens is 2. The molecule has 16 heavy (non-hydrogen) atoms. The standard InChI is InChI=1S/C10H8ClF2N3/c1-16-10(14)6(4-15-16)5-2-7(12)9(11)8(13)3-5/h2-4H,14H2,1H3. The predicted octanol–water partition coefficient (Wildman–Crippen LogP) is 2.60. The van der Waals surface area contributed by atoms with Crippen LogP contribution in [0.4, 0.5) is 14.6 Å². The molecular weight excluding hydrogens is 236 g/mol. The van der Waals surface area contributed by atoms with Crippen LogP contribution in [0.3, 0.4) is 0 Å². The summed E-state index contributed by atoms with van der Waals surface area (Å²) in [6.45, 7) is 0. The van der Waals surface area contributed by atoms with Crippen LogP contribution in [0.5, 0.6) is 0 Å². The molecule has 0 atom stereocenters. The summed E-state index contributed by atoms with van der Waals surface area (Å²) in [4.78, 5) is 0. The maximum atomic E-state index is 13.2. The van der Waals surface area contributed by atoms with Crippen LogP contribution < -0.4 is 5.73 Å². The van der Waals surface area contributed by atoms with Crippen molar-refractivity contribution in [1.82, 2.24) is 9.78 Å². The lowest BCUT2D eigenvalue weighted by Gasteiger charge is -2.03. The molecule has 0 fully saturated rings. The van der Waals surface area contributed by atoms with Gasteiger partial charge in [-0.2, -0.15) is 5.10 Å². The maximum Gasteiger partial charge on any atom is 0.145 e. The SMILES string of the molecule is Cn1ncc(-c2cc(F)c(Cl)c(F)c2)c1N. The van der Waals surface area contributed by atoms with E-state index in [1.54, 1.807) is 7.05 Å². The summed E-state index contributed by atoms with van der Waals surface area (Å²) in [7, 11) is 1.64. The summed E-state index contributed by atoms with van der Waals surface area (Å²) < 4.78 is 27.9. The average Bonchev–Trinajstić information content (AvgIpc) is 2.56. The highest BCUT2D eigenvalue weighted by molar-refractivity contribution is 6.31. The number of nitrogens with zero attached hydrogens (tertiary/aromatic N) is 2. The molecule has 0 aliphatic heterocycles. The van der Waals surface area contributed by atoms with Crippen molar-refractivity contribution in [2.24, 2.45) is 7.05 Å². The van der Waals surface area contributed by atoms with Gasteiger partial charge in [0.2, 0.25) is 0 Å². The van der Waals surface area contributed by atoms with Crippen LogP contribution in [0, 0.1) is 11.6 Å². The summed E-state index contributed by atoms with van der Waals surface area (Å²) in [6.07, 6.45) is 1.44. The Labute approximate surface area is 95.4 Å². The van der Waals surface area contributed by atoms with Gasteiger partial charge in [-0.1, -0.05) is 11.6 Å². The van der Waals surface area contributed by atoms with Gasteiger partial charge in [0.15, 0.2) is 0 Å². The molecule has 1 aromatic carbocycles. The van der Waals surface area contributed by atoms with E-state index in [-0.39, 0.29) is 0 Å². The highest BCUT2D eigenvalue weighted by Crippen LogP contribution is 2.29. The number of nitrogen functional groups attached to an aromatic ring is 1. The lowest BCUT2D eigenvalue weighted by atomic mass is 10.1. The second-order valence-electron chi connectivity index (χ2n) is 3.32. The van der Waals surface area contributed by atoms with E-state index in [2.05, 4.69) is 5.10 Å². The number of nitrogens with two attached hydrogens (primary N) is 1. The molecule has 0 unspecified atom stereocenters. The summed E-state index contributed by atoms with van der Waals surface area (Å²) in [5.41, 5.74) is 6.47. The van der Waals surface area contributed by atoms with Crippen molar-refractivity contribution in [3.8, 4) is 11.1 Å². The lowest BCUT2D eigenvalue weighted by molar-refractivity contribution is 0.585. The van der Waals surface area contributed by atoms with Crippen LogP contribution in [0.1, 0.15) is 0 Å². The number of rotatable bonds is 1. The summed E-state index contributed by atoms with van der Waals surface area (Å²) >= 11 is 5.38. The Kier molecular flexibility index (Phi) is 2.55. The van der Waals surface area contributed by atoms with Crippen molar-refractivity contribution in [1.29, 1.82) is 0 Å². The number of benzene rings is 1. The third kappa shape index (κ3) is 1.63. The fraction of sp³-hybridized carbons (Fsp3) is 0.100. The number of anilines is 1. The first-order valence-corrected chi connectivity index (χ1v) is 4.81. The highest BCUT2D eigenvalue weighted by Gasteiger charge is 2.13. The molecule has 0 aliphatic carbocycles. The fourth-order valence-corrected chi connectivity index (χ4v) is 1.49. The molecule has 0 saturated carbocycles. The number of hydrogen-bond donors (Lipinski definition) is 1. The third-order valence-electron chi connectivity index (χ3n) is 2.28. The minimum atomic E-state index is -0.820. The van der Waals surface area contributed by atoms with Gasteiger partial charge in [-0.05, 0) is 17.7 Å². The molecule has 1 heterocycles. The van der Waals surface area contributed by atoms with Gasteiger partial charge in [-0.15, -0.1) is 0 Å². The van der Waals surface area contributed by atoms with Crippen molar-refractivity contribution < 1.29 is 8.78 Å². The molecule has 6 heteroatoms. The molecular formula is C10H8ClF2N3. The summed E-state index contributed by atoms with van der Waals surface area (Å²) in [6, 6.07) is 2.25. The first kappa shape index (κ1) is 10.9. The van der Waals surface area contributed by atoms with Crippen molar-refractivity contribution in [3.63, 3.8) is 0 Å². The molecule has 3 nitrogen and oxygen atoms in total. The Hall–Kier alpha value is -1.62. The van der Waals surface area contributed by atoms with Crippen LogP contribution in [0.25, 0.3) is 11.1 Å². The molecule has 2 aromatic rings. The van der Waals surface area contributed by atoms with Crippen LogP contribution in [-0.2, 0) is 7.05 Å². The van der Waals surface area contributed by atoms with Gasteiger partial charge < -0.3 is 5.73 Å². The topological polar surface area (TPSA) is 43.8 Å². The molecule has 0 aliphatic rings. The van der Waals surface area contributed by atoms with E-state index in [1.807, 2.05) is 0 Å². The minimum Gasteiger partial charge on any atom is -0.383 e. The molecule has 0 saturated heterocycles. The minimum absolute atomic E-state index is 0.310. The monoisotopic (exact) mass is 243 g/mol. The van der Waals surface area contributed by atoms with E-state index in [0.717, 1.165) is 12.1 Å². The van der Waals surface area contributed by atoms with Crippen LogP contribution in [0.2, 0.25) is 5.02 Å². The zero-order valence-corrected chi connectivity index (χ0v) is 9.09. The molecule has 2 rings (SSSR count). The molecule has 0 radical (unpaired) electrons. The van der Waals surface area contributed by atoms with E-state index >= 15 is 0 Å². The first-order chi connectivity index (χ1) is 7.50. The second-order valence-corrected chi connectivity index (χ2v) is 3.70. The zero-order valence-electron chi connectivity index (χ0n) is 8.34. The second kappa shape index (κ2) is 3.75. The van der Waals surface area contributed by atoms with Gasteiger partial charge in [-0.3, -0.25) is 4.68 Å². The first-order valence-electron chi connectivity index (χ1n) is 4.43. The average molecular weight is 244 g/mol. The van der Waals surface area contributed by atoms with E-state index in [4.69, 9.17) is 17.3 Å². The molecule has 0 bridgehead atoms. The largest absolute Gasteiger partial charge is 0.383 e. The maximum absolute atomic E-state index is 13.2.